The van der Waals surface area contributed by atoms with Crippen LogP contribution in [0.15, 0.2) is 12.2 Å². The van der Waals surface area contributed by atoms with Gasteiger partial charge in [-0.3, -0.25) is 14.4 Å². The number of hydrogen-bond donors (Lipinski definition) is 0. The van der Waals surface area contributed by atoms with Gasteiger partial charge in [-0.15, -0.1) is 0 Å². The van der Waals surface area contributed by atoms with E-state index in [0.29, 0.717) is 12.8 Å². The lowest BCUT2D eigenvalue weighted by molar-refractivity contribution is -0.148. The molecule has 0 saturated carbocycles. The summed E-state index contributed by atoms with van der Waals surface area (Å²) in [6.07, 6.45) is 8.01. The molecule has 7 heteroatoms. The van der Waals surface area contributed by atoms with E-state index < -0.39 is 26.7 Å². The Morgan fingerprint density at radius 3 is 1.81 bits per heavy atom. The molecule has 1 atom stereocenters. The molecule has 0 fully saturated rings. The fraction of sp³-hybridized carbons (Fsp3) is 0.643. The van der Waals surface area contributed by atoms with Crippen molar-refractivity contribution in [2.24, 2.45) is 0 Å². The lowest BCUT2D eigenvalue weighted by Gasteiger charge is -2.33. The van der Waals surface area contributed by atoms with Crippen LogP contribution in [-0.2, 0) is 27.7 Å². The van der Waals surface area contributed by atoms with E-state index in [1.807, 2.05) is 6.08 Å². The van der Waals surface area contributed by atoms with Gasteiger partial charge in [0.05, 0.1) is 5.54 Å². The van der Waals surface area contributed by atoms with Crippen LogP contribution in [0.3, 0.4) is 0 Å². The molecule has 0 amide bonds. The number of rotatable bonds is 4. The van der Waals surface area contributed by atoms with E-state index in [4.69, 9.17) is 13.3 Å². The van der Waals surface area contributed by atoms with Crippen molar-refractivity contribution in [3.05, 3.63) is 12.2 Å². The highest BCUT2D eigenvalue weighted by Crippen LogP contribution is 2.36. The van der Waals surface area contributed by atoms with E-state index in [0.717, 1.165) is 19.3 Å². The van der Waals surface area contributed by atoms with Gasteiger partial charge < -0.3 is 13.3 Å². The van der Waals surface area contributed by atoms with Gasteiger partial charge in [-0.25, -0.2) is 0 Å². The van der Waals surface area contributed by atoms with Crippen LogP contribution >= 0.6 is 0 Å². The van der Waals surface area contributed by atoms with Gasteiger partial charge in [-0.2, -0.15) is 0 Å². The summed E-state index contributed by atoms with van der Waals surface area (Å²) in [5.41, 5.74) is -0.251. The zero-order valence-corrected chi connectivity index (χ0v) is 13.7. The Balaban J connectivity index is 3.09. The van der Waals surface area contributed by atoms with Crippen LogP contribution < -0.4 is 0 Å². The molecule has 0 aliphatic heterocycles. The molecule has 0 N–H and O–H groups in total. The average Bonchev–Trinajstić information content (AvgIpc) is 2.23. The maximum atomic E-state index is 11.4. The van der Waals surface area contributed by atoms with Crippen LogP contribution in [-0.4, -0.2) is 26.7 Å². The monoisotopic (exact) mass is 314 g/mol. The van der Waals surface area contributed by atoms with Gasteiger partial charge in [0.1, 0.15) is 0 Å². The highest BCUT2D eigenvalue weighted by molar-refractivity contribution is 6.67. The summed E-state index contributed by atoms with van der Waals surface area (Å²) in [7, 11) is -3.72. The van der Waals surface area contributed by atoms with E-state index in [1.54, 1.807) is 0 Å². The summed E-state index contributed by atoms with van der Waals surface area (Å²) in [5.74, 6) is -1.83. The SMILES string of the molecule is CC(=O)O[Si](OC(C)=O)(OC(C)=O)C1CC/C=C\CCC1. The summed E-state index contributed by atoms with van der Waals surface area (Å²) in [6.45, 7) is 3.66. The molecule has 0 spiro atoms. The van der Waals surface area contributed by atoms with Crippen molar-refractivity contribution in [1.82, 2.24) is 0 Å². The van der Waals surface area contributed by atoms with Gasteiger partial charge in [0.15, 0.2) is 0 Å². The lowest BCUT2D eigenvalue weighted by Crippen LogP contribution is -2.53. The standard InChI is InChI=1S/C14H22O6Si/c1-11(15)18-21(19-12(2)16,20-13(3)17)14-9-7-5-4-6-8-10-14/h4-5,14H,6-10H2,1-3H3/b5-4-. The predicted molar refractivity (Wildman–Crippen MR) is 77.0 cm³/mol. The van der Waals surface area contributed by atoms with Crippen LogP contribution in [0.25, 0.3) is 0 Å². The Hall–Kier alpha value is -1.63. The first-order valence-corrected chi connectivity index (χ1v) is 8.89. The van der Waals surface area contributed by atoms with Gasteiger partial charge >= 0.3 is 8.80 Å². The van der Waals surface area contributed by atoms with Crippen molar-refractivity contribution in [2.75, 3.05) is 0 Å². The smallest absolute Gasteiger partial charge is 0.455 e. The van der Waals surface area contributed by atoms with Gasteiger partial charge in [0.25, 0.3) is 17.9 Å². The molecule has 1 unspecified atom stereocenters. The molecule has 118 valence electrons. The minimum Gasteiger partial charge on any atom is -0.455 e. The predicted octanol–water partition coefficient (Wildman–Crippen LogP) is 2.51. The van der Waals surface area contributed by atoms with Gasteiger partial charge in [0, 0.05) is 20.8 Å². The number of allylic oxidation sites excluding steroid dienone is 2. The molecule has 0 heterocycles. The number of carbonyl (C=O) groups excluding carboxylic acids is 3. The van der Waals surface area contributed by atoms with Crippen LogP contribution in [0, 0.1) is 0 Å². The topological polar surface area (TPSA) is 78.9 Å². The van der Waals surface area contributed by atoms with E-state index in [-0.39, 0.29) is 5.54 Å². The Bertz CT molecular complexity index is 390. The van der Waals surface area contributed by atoms with Gasteiger partial charge in [-0.1, -0.05) is 12.2 Å². The second kappa shape index (κ2) is 7.97. The van der Waals surface area contributed by atoms with E-state index in [9.17, 15) is 14.4 Å². The van der Waals surface area contributed by atoms with Crippen molar-refractivity contribution in [3.63, 3.8) is 0 Å². The van der Waals surface area contributed by atoms with Crippen molar-refractivity contribution in [2.45, 2.75) is 58.4 Å². The van der Waals surface area contributed by atoms with E-state index in [2.05, 4.69) is 6.08 Å². The second-order valence-electron chi connectivity index (χ2n) is 5.06. The average molecular weight is 314 g/mol. The van der Waals surface area contributed by atoms with E-state index >= 15 is 0 Å². The molecule has 1 rings (SSSR count). The molecule has 0 aromatic heterocycles. The van der Waals surface area contributed by atoms with Crippen molar-refractivity contribution in [3.8, 4) is 0 Å². The second-order valence-corrected chi connectivity index (χ2v) is 7.70. The molecule has 0 radical (unpaired) electrons. The molecule has 1 aliphatic carbocycles. The normalized spacial score (nSPS) is 20.6. The quantitative estimate of drug-likeness (QED) is 0.586. The Morgan fingerprint density at radius 1 is 0.857 bits per heavy atom. The third-order valence-electron chi connectivity index (χ3n) is 3.13. The van der Waals surface area contributed by atoms with Gasteiger partial charge in [-0.05, 0) is 32.1 Å². The summed E-state index contributed by atoms with van der Waals surface area (Å²) >= 11 is 0. The molecule has 1 aliphatic rings. The van der Waals surface area contributed by atoms with Crippen LogP contribution in [0.5, 0.6) is 0 Å². The van der Waals surface area contributed by atoms with Crippen molar-refractivity contribution < 1.29 is 27.7 Å². The molecular formula is C14H22O6Si. The summed E-state index contributed by atoms with van der Waals surface area (Å²) in [6, 6.07) is 0. The molecule has 0 aromatic carbocycles. The first-order chi connectivity index (χ1) is 9.85. The lowest BCUT2D eigenvalue weighted by atomic mass is 10.1. The molecule has 21 heavy (non-hydrogen) atoms. The highest BCUT2D eigenvalue weighted by atomic mass is 28.4. The molecule has 0 saturated heterocycles. The Morgan fingerprint density at radius 2 is 1.33 bits per heavy atom. The summed E-state index contributed by atoms with van der Waals surface area (Å²) in [4.78, 5) is 34.3. The molecular weight excluding hydrogens is 292 g/mol. The maximum Gasteiger partial charge on any atom is 0.708 e. The minimum atomic E-state index is -3.72. The van der Waals surface area contributed by atoms with Crippen LogP contribution in [0.4, 0.5) is 0 Å². The van der Waals surface area contributed by atoms with Crippen LogP contribution in [0.2, 0.25) is 5.54 Å². The third-order valence-corrected chi connectivity index (χ3v) is 6.42. The molecule has 0 aromatic rings. The third kappa shape index (κ3) is 5.70. The Labute approximate surface area is 125 Å². The zero-order chi connectivity index (χ0) is 15.9. The van der Waals surface area contributed by atoms with Crippen LogP contribution in [0.1, 0.15) is 52.9 Å². The highest BCUT2D eigenvalue weighted by Gasteiger charge is 2.58. The minimum absolute atomic E-state index is 0.251. The summed E-state index contributed by atoms with van der Waals surface area (Å²) < 4.78 is 15.9. The fourth-order valence-corrected chi connectivity index (χ4v) is 5.33. The zero-order valence-electron chi connectivity index (χ0n) is 12.7. The summed E-state index contributed by atoms with van der Waals surface area (Å²) in [5, 5.41) is 0. The van der Waals surface area contributed by atoms with E-state index in [1.165, 1.54) is 20.8 Å². The maximum absolute atomic E-state index is 11.4. The number of hydrogen-bond acceptors (Lipinski definition) is 6. The van der Waals surface area contributed by atoms with Crippen molar-refractivity contribution >= 4 is 26.7 Å². The number of carbonyl (C=O) groups is 3. The Kier molecular flexibility index (Phi) is 6.61. The molecule has 0 bridgehead atoms. The molecule has 6 nitrogen and oxygen atoms in total. The first kappa shape index (κ1) is 17.4. The first-order valence-electron chi connectivity index (χ1n) is 7.09. The fourth-order valence-electron chi connectivity index (χ4n) is 2.43. The largest absolute Gasteiger partial charge is 0.708 e. The van der Waals surface area contributed by atoms with Gasteiger partial charge in [0.2, 0.25) is 0 Å². The van der Waals surface area contributed by atoms with Crippen molar-refractivity contribution in [1.29, 1.82) is 0 Å².